The van der Waals surface area contributed by atoms with E-state index in [1.54, 1.807) is 0 Å². The van der Waals surface area contributed by atoms with Gasteiger partial charge in [-0.25, -0.2) is 9.78 Å². The van der Waals surface area contributed by atoms with Crippen LogP contribution in [0.25, 0.3) is 0 Å². The molecule has 4 nitrogen and oxygen atoms in total. The van der Waals surface area contributed by atoms with Gasteiger partial charge in [-0.3, -0.25) is 0 Å². The number of halogens is 3. The molecule has 0 saturated carbocycles. The van der Waals surface area contributed by atoms with Crippen molar-refractivity contribution >= 4 is 5.97 Å². The lowest BCUT2D eigenvalue weighted by Crippen LogP contribution is -2.12. The zero-order valence-electron chi connectivity index (χ0n) is 8.71. The van der Waals surface area contributed by atoms with Gasteiger partial charge in [0.2, 0.25) is 0 Å². The predicted molar refractivity (Wildman–Crippen MR) is 49.9 cm³/mol. The van der Waals surface area contributed by atoms with Crippen LogP contribution < -0.4 is 0 Å². The SMILES string of the molecule is CCOC(=O)c1cc(C(F)(F)F)cc(C#N)n1. The van der Waals surface area contributed by atoms with Gasteiger partial charge in [0, 0.05) is 0 Å². The molecular formula is C10H7F3N2O2. The highest BCUT2D eigenvalue weighted by molar-refractivity contribution is 5.87. The van der Waals surface area contributed by atoms with Gasteiger partial charge in [0.05, 0.1) is 12.2 Å². The second-order valence-corrected chi connectivity index (χ2v) is 2.96. The highest BCUT2D eigenvalue weighted by atomic mass is 19.4. The number of hydrogen-bond donors (Lipinski definition) is 0. The Morgan fingerprint density at radius 3 is 2.65 bits per heavy atom. The van der Waals surface area contributed by atoms with Gasteiger partial charge in [-0.2, -0.15) is 18.4 Å². The minimum Gasteiger partial charge on any atom is -0.461 e. The molecule has 0 unspecified atom stereocenters. The van der Waals surface area contributed by atoms with E-state index in [1.807, 2.05) is 0 Å². The van der Waals surface area contributed by atoms with Gasteiger partial charge < -0.3 is 4.74 Å². The Bertz CT molecular complexity index is 477. The van der Waals surface area contributed by atoms with Crippen LogP contribution in [0.15, 0.2) is 12.1 Å². The zero-order chi connectivity index (χ0) is 13.1. The number of rotatable bonds is 2. The summed E-state index contributed by atoms with van der Waals surface area (Å²) in [6.07, 6.45) is -4.64. The highest BCUT2D eigenvalue weighted by Gasteiger charge is 2.32. The first kappa shape index (κ1) is 13.0. The maximum atomic E-state index is 12.4. The van der Waals surface area contributed by atoms with Crippen molar-refractivity contribution in [1.29, 1.82) is 5.26 Å². The van der Waals surface area contributed by atoms with Crippen LogP contribution in [0.4, 0.5) is 13.2 Å². The molecule has 1 aromatic heterocycles. The molecule has 0 spiro atoms. The smallest absolute Gasteiger partial charge is 0.416 e. The van der Waals surface area contributed by atoms with Crippen molar-refractivity contribution in [2.24, 2.45) is 0 Å². The lowest BCUT2D eigenvalue weighted by atomic mass is 10.2. The number of nitrogens with zero attached hydrogens (tertiary/aromatic N) is 2. The van der Waals surface area contributed by atoms with Crippen molar-refractivity contribution in [3.05, 3.63) is 29.1 Å². The summed E-state index contributed by atoms with van der Waals surface area (Å²) in [6, 6.07) is 2.58. The Hall–Kier alpha value is -2.10. The first-order valence-corrected chi connectivity index (χ1v) is 4.55. The molecule has 0 atom stereocenters. The van der Waals surface area contributed by atoms with Crippen LogP contribution >= 0.6 is 0 Å². The summed E-state index contributed by atoms with van der Waals surface area (Å²) in [5, 5.41) is 8.53. The van der Waals surface area contributed by atoms with E-state index in [2.05, 4.69) is 9.72 Å². The summed E-state index contributed by atoms with van der Waals surface area (Å²) in [7, 11) is 0. The number of nitriles is 1. The van der Waals surface area contributed by atoms with Crippen LogP contribution in [0.5, 0.6) is 0 Å². The van der Waals surface area contributed by atoms with E-state index in [-0.39, 0.29) is 6.61 Å². The van der Waals surface area contributed by atoms with Gasteiger partial charge in [0.1, 0.15) is 11.8 Å². The van der Waals surface area contributed by atoms with Crippen molar-refractivity contribution < 1.29 is 22.7 Å². The van der Waals surface area contributed by atoms with Crippen LogP contribution in [-0.4, -0.2) is 17.6 Å². The molecule has 17 heavy (non-hydrogen) atoms. The van der Waals surface area contributed by atoms with E-state index >= 15 is 0 Å². The predicted octanol–water partition coefficient (Wildman–Crippen LogP) is 2.15. The third-order valence-electron chi connectivity index (χ3n) is 1.75. The van der Waals surface area contributed by atoms with Crippen molar-refractivity contribution in [1.82, 2.24) is 4.98 Å². The number of esters is 1. The molecule has 0 fully saturated rings. The molecule has 0 aromatic carbocycles. The Labute approximate surface area is 94.6 Å². The lowest BCUT2D eigenvalue weighted by Gasteiger charge is -2.08. The summed E-state index contributed by atoms with van der Waals surface area (Å²) in [4.78, 5) is 14.7. The van der Waals surface area contributed by atoms with Gasteiger partial charge in [0.15, 0.2) is 5.69 Å². The van der Waals surface area contributed by atoms with E-state index in [9.17, 15) is 18.0 Å². The first-order valence-electron chi connectivity index (χ1n) is 4.55. The molecule has 7 heteroatoms. The van der Waals surface area contributed by atoms with Gasteiger partial charge >= 0.3 is 12.1 Å². The maximum Gasteiger partial charge on any atom is 0.416 e. The van der Waals surface area contributed by atoms with E-state index < -0.39 is 29.1 Å². The third kappa shape index (κ3) is 3.17. The molecule has 1 heterocycles. The minimum absolute atomic E-state index is 0.0125. The first-order chi connectivity index (χ1) is 7.88. The van der Waals surface area contributed by atoms with Crippen LogP contribution in [-0.2, 0) is 10.9 Å². The second kappa shape index (κ2) is 4.82. The molecule has 0 bridgehead atoms. The van der Waals surface area contributed by atoms with Gasteiger partial charge in [-0.15, -0.1) is 0 Å². The minimum atomic E-state index is -4.64. The third-order valence-corrected chi connectivity index (χ3v) is 1.75. The number of carbonyl (C=O) groups excluding carboxylic acids is 1. The summed E-state index contributed by atoms with van der Waals surface area (Å²) in [6.45, 7) is 1.52. The highest BCUT2D eigenvalue weighted by Crippen LogP contribution is 2.29. The standard InChI is InChI=1S/C10H7F3N2O2/c1-2-17-9(16)8-4-6(10(11,12)13)3-7(5-14)15-8/h3-4H,2H2,1H3. The zero-order valence-corrected chi connectivity index (χ0v) is 8.71. The molecule has 1 rings (SSSR count). The molecule has 0 N–H and O–H groups in total. The fourth-order valence-electron chi connectivity index (χ4n) is 1.06. The molecule has 1 aromatic rings. The van der Waals surface area contributed by atoms with Crippen molar-refractivity contribution in [2.75, 3.05) is 6.61 Å². The average molecular weight is 244 g/mol. The molecule has 0 saturated heterocycles. The van der Waals surface area contributed by atoms with E-state index in [1.165, 1.54) is 13.0 Å². The molecular weight excluding hydrogens is 237 g/mol. The van der Waals surface area contributed by atoms with Crippen molar-refractivity contribution in [3.8, 4) is 6.07 Å². The number of ether oxygens (including phenoxy) is 1. The van der Waals surface area contributed by atoms with Gasteiger partial charge in [0.25, 0.3) is 0 Å². The largest absolute Gasteiger partial charge is 0.461 e. The number of hydrogen-bond acceptors (Lipinski definition) is 4. The lowest BCUT2D eigenvalue weighted by molar-refractivity contribution is -0.137. The Kier molecular flexibility index (Phi) is 3.68. The second-order valence-electron chi connectivity index (χ2n) is 2.96. The van der Waals surface area contributed by atoms with E-state index in [0.29, 0.717) is 12.1 Å². The normalized spacial score (nSPS) is 10.8. The van der Waals surface area contributed by atoms with Crippen LogP contribution in [0.3, 0.4) is 0 Å². The molecule has 0 aliphatic heterocycles. The molecule has 0 amide bonds. The van der Waals surface area contributed by atoms with Crippen LogP contribution in [0.1, 0.15) is 28.7 Å². The summed E-state index contributed by atoms with van der Waals surface area (Å²) < 4.78 is 41.8. The average Bonchev–Trinajstić information content (AvgIpc) is 2.27. The fourth-order valence-corrected chi connectivity index (χ4v) is 1.06. The molecule has 90 valence electrons. The van der Waals surface area contributed by atoms with Gasteiger partial charge in [-0.1, -0.05) is 0 Å². The Morgan fingerprint density at radius 2 is 2.18 bits per heavy atom. The van der Waals surface area contributed by atoms with E-state index in [0.717, 1.165) is 0 Å². The topological polar surface area (TPSA) is 63.0 Å². The quantitative estimate of drug-likeness (QED) is 0.748. The number of pyridine rings is 1. The van der Waals surface area contributed by atoms with Crippen LogP contribution in [0.2, 0.25) is 0 Å². The number of carbonyl (C=O) groups is 1. The fraction of sp³-hybridized carbons (Fsp3) is 0.300. The van der Waals surface area contributed by atoms with Gasteiger partial charge in [-0.05, 0) is 19.1 Å². The summed E-state index contributed by atoms with van der Waals surface area (Å²) in [5.74, 6) is -0.991. The van der Waals surface area contributed by atoms with Crippen molar-refractivity contribution in [2.45, 2.75) is 13.1 Å². The van der Waals surface area contributed by atoms with Crippen LogP contribution in [0, 0.1) is 11.3 Å². The van der Waals surface area contributed by atoms with Crippen molar-refractivity contribution in [3.63, 3.8) is 0 Å². The Morgan fingerprint density at radius 1 is 1.53 bits per heavy atom. The molecule has 0 aliphatic carbocycles. The number of alkyl halides is 3. The molecule has 0 radical (unpaired) electrons. The number of aromatic nitrogens is 1. The summed E-state index contributed by atoms with van der Waals surface area (Å²) in [5.41, 5.74) is -2.12. The Balaban J connectivity index is 3.25. The molecule has 0 aliphatic rings. The maximum absolute atomic E-state index is 12.4. The summed E-state index contributed by atoms with van der Waals surface area (Å²) >= 11 is 0. The monoisotopic (exact) mass is 244 g/mol. The van der Waals surface area contributed by atoms with E-state index in [4.69, 9.17) is 5.26 Å².